The van der Waals surface area contributed by atoms with E-state index in [0.717, 1.165) is 36.5 Å². The molecular weight excluding hydrogens is 720 g/mol. The van der Waals surface area contributed by atoms with Crippen molar-refractivity contribution in [2.75, 3.05) is 21.3 Å². The zero-order valence-corrected chi connectivity index (χ0v) is 34.8. The number of epoxide rings is 1. The lowest BCUT2D eigenvalue weighted by Crippen LogP contribution is -2.43. The van der Waals surface area contributed by atoms with Gasteiger partial charge in [-0.05, 0) is 58.4 Å². The largest absolute Gasteiger partial charge is 0.452 e. The highest BCUT2D eigenvalue weighted by atomic mass is 16.6. The number of hydrogen-bond acceptors (Lipinski definition) is 12. The van der Waals surface area contributed by atoms with Crippen molar-refractivity contribution in [1.82, 2.24) is 0 Å². The molecule has 3 unspecified atom stereocenters. The molecule has 12 heteroatoms. The van der Waals surface area contributed by atoms with Crippen molar-refractivity contribution in [3.05, 3.63) is 84.1 Å². The van der Waals surface area contributed by atoms with Gasteiger partial charge in [-0.25, -0.2) is 4.79 Å². The second-order valence-corrected chi connectivity index (χ2v) is 15.3. The van der Waals surface area contributed by atoms with Crippen LogP contribution in [0.3, 0.4) is 0 Å². The van der Waals surface area contributed by atoms with Gasteiger partial charge in [0.05, 0.1) is 30.5 Å². The molecule has 0 radical (unpaired) electrons. The Morgan fingerprint density at radius 2 is 1.54 bits per heavy atom. The average Bonchev–Trinajstić information content (AvgIpc) is 3.84. The van der Waals surface area contributed by atoms with Gasteiger partial charge >= 0.3 is 5.97 Å². The Morgan fingerprint density at radius 3 is 2.16 bits per heavy atom. The minimum Gasteiger partial charge on any atom is -0.452 e. The molecule has 2 aliphatic rings. The number of carbonyl (C=O) groups is 1. The van der Waals surface area contributed by atoms with Crippen molar-refractivity contribution in [3.8, 4) is 0 Å². The Hall–Kier alpha value is -2.75. The van der Waals surface area contributed by atoms with E-state index in [1.54, 1.807) is 51.3 Å². The van der Waals surface area contributed by atoms with Crippen molar-refractivity contribution >= 4 is 5.97 Å². The third-order valence-electron chi connectivity index (χ3n) is 10.5. The minimum atomic E-state index is -1.23. The molecular formula is C44H70O12. The maximum atomic E-state index is 13.1. The highest BCUT2D eigenvalue weighted by Crippen LogP contribution is 2.44. The number of aliphatic hydroxyl groups excluding tert-OH is 6. The van der Waals surface area contributed by atoms with Crippen molar-refractivity contribution in [3.63, 3.8) is 0 Å². The number of methoxy groups -OCH3 is 3. The van der Waals surface area contributed by atoms with Gasteiger partial charge in [-0.15, -0.1) is 0 Å². The van der Waals surface area contributed by atoms with Crippen LogP contribution in [0.1, 0.15) is 80.1 Å². The molecule has 0 bridgehead atoms. The van der Waals surface area contributed by atoms with E-state index >= 15 is 0 Å². The quantitative estimate of drug-likeness (QED) is 0.0973. The van der Waals surface area contributed by atoms with Crippen molar-refractivity contribution in [2.45, 2.75) is 153 Å². The van der Waals surface area contributed by atoms with Crippen LogP contribution in [0.5, 0.6) is 0 Å². The van der Waals surface area contributed by atoms with Crippen LogP contribution in [0.25, 0.3) is 0 Å². The number of carbonyl (C=O) groups excluding carboxylic acids is 1. The van der Waals surface area contributed by atoms with Gasteiger partial charge in [0, 0.05) is 33.3 Å². The SMILES string of the molecule is CCC[C@H](O)[C@@H](OC)C1OC1(C)[C@@H](O)C/C=C/[C@@H]1OC(=O)C=CC=C[C@@H](O)[C@H](O)C=CC(C)=CC(C)CCC[C@@H](OC)[C@H](O)C=CC(C)=C[C@@H](C)[C@H](O)[C@H]1OC. The average molecular weight is 791 g/mol. The van der Waals surface area contributed by atoms with E-state index in [-0.39, 0.29) is 12.3 Å². The molecule has 14 atom stereocenters. The highest BCUT2D eigenvalue weighted by molar-refractivity contribution is 5.82. The summed E-state index contributed by atoms with van der Waals surface area (Å²) in [5, 5.41) is 65.0. The van der Waals surface area contributed by atoms with Gasteiger partial charge in [0.1, 0.15) is 42.2 Å². The molecule has 12 nitrogen and oxygen atoms in total. The monoisotopic (exact) mass is 790 g/mol. The fourth-order valence-corrected chi connectivity index (χ4v) is 6.97. The molecule has 2 rings (SSSR count). The third-order valence-corrected chi connectivity index (χ3v) is 10.5. The number of esters is 1. The first-order chi connectivity index (χ1) is 26.5. The maximum absolute atomic E-state index is 13.1. The van der Waals surface area contributed by atoms with Crippen LogP contribution in [-0.4, -0.2) is 131 Å². The molecule has 0 aromatic carbocycles. The number of rotatable bonds is 11. The first-order valence-corrected chi connectivity index (χ1v) is 19.8. The van der Waals surface area contributed by atoms with Crippen LogP contribution in [0.2, 0.25) is 0 Å². The van der Waals surface area contributed by atoms with E-state index in [4.69, 9.17) is 23.7 Å². The lowest BCUT2D eigenvalue weighted by atomic mass is 9.91. The zero-order chi connectivity index (χ0) is 42.0. The summed E-state index contributed by atoms with van der Waals surface area (Å²) in [6.45, 7) is 11.4. The lowest BCUT2D eigenvalue weighted by Gasteiger charge is -2.30. The van der Waals surface area contributed by atoms with Crippen molar-refractivity contribution < 1.29 is 59.1 Å². The Balaban J connectivity index is 2.39. The second-order valence-electron chi connectivity index (χ2n) is 15.3. The summed E-state index contributed by atoms with van der Waals surface area (Å²) >= 11 is 0. The van der Waals surface area contributed by atoms with Gasteiger partial charge in [-0.3, -0.25) is 0 Å². The number of allylic oxidation sites excluding steroid dienone is 7. The molecule has 56 heavy (non-hydrogen) atoms. The van der Waals surface area contributed by atoms with Crippen molar-refractivity contribution in [1.29, 1.82) is 0 Å². The maximum Gasteiger partial charge on any atom is 0.331 e. The van der Waals surface area contributed by atoms with E-state index in [2.05, 4.69) is 13.0 Å². The summed E-state index contributed by atoms with van der Waals surface area (Å²) in [7, 11) is 4.47. The van der Waals surface area contributed by atoms with Gasteiger partial charge < -0.3 is 54.3 Å². The Kier molecular flexibility index (Phi) is 22.0. The molecule has 1 fully saturated rings. The van der Waals surface area contributed by atoms with E-state index < -0.39 is 84.6 Å². The summed E-state index contributed by atoms with van der Waals surface area (Å²) in [4.78, 5) is 13.1. The molecule has 0 aromatic heterocycles. The van der Waals surface area contributed by atoms with E-state index in [9.17, 15) is 35.4 Å². The normalized spacial score (nSPS) is 35.1. The molecule has 6 N–H and O–H groups in total. The van der Waals surface area contributed by atoms with Crippen LogP contribution in [0.15, 0.2) is 84.1 Å². The van der Waals surface area contributed by atoms with E-state index in [1.807, 2.05) is 26.8 Å². The fraction of sp³-hybridized carbons (Fsp3) is 0.659. The van der Waals surface area contributed by atoms with Gasteiger partial charge in [0.25, 0.3) is 0 Å². The molecule has 0 spiro atoms. The first-order valence-electron chi connectivity index (χ1n) is 19.8. The molecule has 0 aromatic rings. The molecule has 0 amide bonds. The van der Waals surface area contributed by atoms with Crippen LogP contribution < -0.4 is 0 Å². The summed E-state index contributed by atoms with van der Waals surface area (Å²) in [6.07, 6.45) is 12.9. The van der Waals surface area contributed by atoms with Gasteiger partial charge in [-0.1, -0.05) is 106 Å². The van der Waals surface area contributed by atoms with Gasteiger partial charge in [0.15, 0.2) is 0 Å². The predicted octanol–water partition coefficient (Wildman–Crippen LogP) is 4.59. The fourth-order valence-electron chi connectivity index (χ4n) is 6.97. The Bertz CT molecular complexity index is 1380. The summed E-state index contributed by atoms with van der Waals surface area (Å²) in [5.74, 6) is -1.02. The first kappa shape index (κ1) is 49.4. The Labute approximate surface area is 334 Å². The molecule has 318 valence electrons. The van der Waals surface area contributed by atoms with Crippen LogP contribution in [0, 0.1) is 11.8 Å². The molecule has 2 aliphatic heterocycles. The van der Waals surface area contributed by atoms with Gasteiger partial charge in [-0.2, -0.15) is 0 Å². The lowest BCUT2D eigenvalue weighted by molar-refractivity contribution is -0.152. The van der Waals surface area contributed by atoms with E-state index in [0.29, 0.717) is 12.8 Å². The molecule has 0 saturated carbocycles. The standard InChI is InChI=1S/C44H70O12/c1-10-15-35(48)41(53-8)43-44(6,56-43)38(49)20-14-19-37-42(54-9)40(51)31(5)27-30(4)23-25-34(47)36(52-7)18-13-16-28(2)26-29(3)22-24-33(46)32(45)17-11-12-21-39(50)55-37/h11-12,14,17,19,21-28,31-38,40-43,45-49,51H,10,13,15-16,18,20H2,1-9H3/b17-11?,19-14+,21-12?,24-22?,25-23?,29-26?,30-27?/t28?,31-,32-,33-,34-,35+,36-,37+,38+,40+,41-,42+,43?,44?/m1/s1. The van der Waals surface area contributed by atoms with E-state index in [1.165, 1.54) is 38.5 Å². The third kappa shape index (κ3) is 15.9. The smallest absolute Gasteiger partial charge is 0.331 e. The summed E-state index contributed by atoms with van der Waals surface area (Å²) in [5.41, 5.74) is 0.738. The number of aliphatic hydroxyl groups is 6. The second kappa shape index (κ2) is 24.9. The molecule has 2 heterocycles. The Morgan fingerprint density at radius 1 is 0.893 bits per heavy atom. The van der Waals surface area contributed by atoms with Crippen LogP contribution in [-0.2, 0) is 28.5 Å². The van der Waals surface area contributed by atoms with Crippen molar-refractivity contribution in [2.24, 2.45) is 11.8 Å². The molecule has 1 saturated heterocycles. The highest BCUT2D eigenvalue weighted by Gasteiger charge is 2.61. The molecule has 0 aliphatic carbocycles. The van der Waals surface area contributed by atoms with Crippen LogP contribution in [0.4, 0.5) is 0 Å². The minimum absolute atomic E-state index is 0.0968. The van der Waals surface area contributed by atoms with Gasteiger partial charge in [0.2, 0.25) is 0 Å². The summed E-state index contributed by atoms with van der Waals surface area (Å²) in [6, 6.07) is 0. The zero-order valence-electron chi connectivity index (χ0n) is 34.8. The number of hydrogen-bond donors (Lipinski definition) is 6. The predicted molar refractivity (Wildman–Crippen MR) is 217 cm³/mol. The topological polar surface area (TPSA) is 188 Å². The number of ether oxygens (including phenoxy) is 5. The number of cyclic esters (lactones) is 1. The van der Waals surface area contributed by atoms with Crippen LogP contribution >= 0.6 is 0 Å². The summed E-state index contributed by atoms with van der Waals surface area (Å²) < 4.78 is 28.5.